The lowest BCUT2D eigenvalue weighted by atomic mass is 9.96. The van der Waals surface area contributed by atoms with E-state index < -0.39 is 0 Å². The molecule has 0 spiro atoms. The van der Waals surface area contributed by atoms with Crippen molar-refractivity contribution in [2.45, 2.75) is 0 Å². The van der Waals surface area contributed by atoms with Gasteiger partial charge in [0.2, 0.25) is 0 Å². The average molecular weight is 337 g/mol. The Labute approximate surface area is 132 Å². The van der Waals surface area contributed by atoms with Gasteiger partial charge in [0.05, 0.1) is 0 Å². The highest BCUT2D eigenvalue weighted by atomic mass is 79.9. The Morgan fingerprint density at radius 1 is 0.714 bits per heavy atom. The molecule has 0 bridgehead atoms. The molecule has 0 saturated heterocycles. The van der Waals surface area contributed by atoms with Gasteiger partial charge < -0.3 is 0 Å². The Hall–Kier alpha value is -2.19. The van der Waals surface area contributed by atoms with Crippen LogP contribution in [-0.2, 0) is 0 Å². The van der Waals surface area contributed by atoms with Crippen molar-refractivity contribution < 1.29 is 4.79 Å². The van der Waals surface area contributed by atoms with Crippen LogP contribution >= 0.6 is 15.9 Å². The van der Waals surface area contributed by atoms with Crippen LogP contribution in [0.15, 0.2) is 77.3 Å². The lowest BCUT2D eigenvalue weighted by Gasteiger charge is -2.09. The molecule has 2 heteroatoms. The largest absolute Gasteiger partial charge is 0.298 e. The number of carbonyl (C=O) groups is 1. The number of rotatable bonds is 3. The summed E-state index contributed by atoms with van der Waals surface area (Å²) in [4.78, 5) is 11.3. The number of carbonyl (C=O) groups excluding carboxylic acids is 1. The summed E-state index contributed by atoms with van der Waals surface area (Å²) in [5, 5.41) is 0. The first kappa shape index (κ1) is 13.8. The van der Waals surface area contributed by atoms with Gasteiger partial charge in [0.1, 0.15) is 0 Å². The molecule has 21 heavy (non-hydrogen) atoms. The maximum absolute atomic E-state index is 11.3. The fourth-order valence-corrected chi connectivity index (χ4v) is 2.87. The van der Waals surface area contributed by atoms with Crippen LogP contribution in [0.5, 0.6) is 0 Å². The van der Waals surface area contributed by atoms with Crippen LogP contribution in [0.3, 0.4) is 0 Å². The van der Waals surface area contributed by atoms with E-state index in [2.05, 4.69) is 40.2 Å². The van der Waals surface area contributed by atoms with Crippen LogP contribution in [0.2, 0.25) is 0 Å². The second-order valence-electron chi connectivity index (χ2n) is 4.77. The van der Waals surface area contributed by atoms with E-state index in [1.165, 1.54) is 5.56 Å². The van der Waals surface area contributed by atoms with Crippen LogP contribution < -0.4 is 0 Å². The number of hydrogen-bond donors (Lipinski definition) is 0. The third kappa shape index (κ3) is 2.81. The molecular formula is C19H13BrO. The molecule has 3 aromatic carbocycles. The summed E-state index contributed by atoms with van der Waals surface area (Å²) >= 11 is 3.44. The Kier molecular flexibility index (Phi) is 3.98. The first-order valence-electron chi connectivity index (χ1n) is 6.69. The van der Waals surface area contributed by atoms with Gasteiger partial charge in [0, 0.05) is 10.0 Å². The van der Waals surface area contributed by atoms with Crippen LogP contribution in [0.25, 0.3) is 22.3 Å². The Balaban J connectivity index is 2.13. The highest BCUT2D eigenvalue weighted by Crippen LogP contribution is 2.31. The van der Waals surface area contributed by atoms with Crippen LogP contribution in [0, 0.1) is 0 Å². The zero-order valence-electron chi connectivity index (χ0n) is 11.3. The van der Waals surface area contributed by atoms with Crippen molar-refractivity contribution in [3.63, 3.8) is 0 Å². The van der Waals surface area contributed by atoms with E-state index in [-0.39, 0.29) is 0 Å². The van der Waals surface area contributed by atoms with E-state index in [1.807, 2.05) is 48.5 Å². The van der Waals surface area contributed by atoms with E-state index in [0.29, 0.717) is 5.56 Å². The predicted octanol–water partition coefficient (Wildman–Crippen LogP) is 5.60. The molecule has 0 radical (unpaired) electrons. The third-order valence-electron chi connectivity index (χ3n) is 3.45. The first-order chi connectivity index (χ1) is 10.3. The van der Waals surface area contributed by atoms with Crippen molar-refractivity contribution in [3.05, 3.63) is 82.8 Å². The molecule has 0 aliphatic carbocycles. The van der Waals surface area contributed by atoms with Crippen molar-refractivity contribution >= 4 is 22.2 Å². The van der Waals surface area contributed by atoms with Crippen molar-refractivity contribution in [1.82, 2.24) is 0 Å². The van der Waals surface area contributed by atoms with Crippen LogP contribution in [-0.4, -0.2) is 6.29 Å². The van der Waals surface area contributed by atoms with Gasteiger partial charge in [-0.15, -0.1) is 0 Å². The summed E-state index contributed by atoms with van der Waals surface area (Å²) in [6, 6.07) is 24.3. The van der Waals surface area contributed by atoms with E-state index in [1.54, 1.807) is 0 Å². The highest BCUT2D eigenvalue weighted by Gasteiger charge is 2.08. The van der Waals surface area contributed by atoms with Gasteiger partial charge in [-0.25, -0.2) is 0 Å². The smallest absolute Gasteiger partial charge is 0.151 e. The van der Waals surface area contributed by atoms with Crippen LogP contribution in [0.1, 0.15) is 10.4 Å². The van der Waals surface area contributed by atoms with Crippen molar-refractivity contribution in [2.24, 2.45) is 0 Å². The van der Waals surface area contributed by atoms with Crippen LogP contribution in [0.4, 0.5) is 0 Å². The molecule has 0 saturated carbocycles. The standard InChI is InChI=1S/C19H13BrO/c20-19-11-5-10-17(18(19)13-21)16-9-4-8-15(12-16)14-6-2-1-3-7-14/h1-13H. The number of hydrogen-bond acceptors (Lipinski definition) is 1. The van der Waals surface area contributed by atoms with Gasteiger partial charge in [-0.3, -0.25) is 4.79 Å². The molecule has 0 fully saturated rings. The summed E-state index contributed by atoms with van der Waals surface area (Å²) in [6.07, 6.45) is 0.897. The number of halogens is 1. The van der Waals surface area contributed by atoms with Gasteiger partial charge in [-0.1, -0.05) is 76.6 Å². The molecule has 0 aliphatic heterocycles. The van der Waals surface area contributed by atoms with E-state index in [9.17, 15) is 4.79 Å². The molecule has 1 nitrogen and oxygen atoms in total. The fraction of sp³-hybridized carbons (Fsp3) is 0. The lowest BCUT2D eigenvalue weighted by molar-refractivity contribution is 0.112. The Morgan fingerprint density at radius 3 is 2.14 bits per heavy atom. The maximum Gasteiger partial charge on any atom is 0.151 e. The highest BCUT2D eigenvalue weighted by molar-refractivity contribution is 9.10. The second kappa shape index (κ2) is 6.06. The minimum absolute atomic E-state index is 0.683. The van der Waals surface area contributed by atoms with Crippen molar-refractivity contribution in [3.8, 4) is 22.3 Å². The Bertz CT molecular complexity index is 779. The summed E-state index contributed by atoms with van der Waals surface area (Å²) in [5.41, 5.74) is 4.98. The Morgan fingerprint density at radius 2 is 1.38 bits per heavy atom. The molecule has 0 aliphatic rings. The molecular weight excluding hydrogens is 324 g/mol. The second-order valence-corrected chi connectivity index (χ2v) is 5.62. The van der Waals surface area contributed by atoms with E-state index in [4.69, 9.17) is 0 Å². The van der Waals surface area contributed by atoms with E-state index in [0.717, 1.165) is 27.4 Å². The average Bonchev–Trinajstić information content (AvgIpc) is 2.55. The summed E-state index contributed by atoms with van der Waals surface area (Å²) < 4.78 is 0.820. The summed E-state index contributed by atoms with van der Waals surface area (Å²) in [6.45, 7) is 0. The van der Waals surface area contributed by atoms with Gasteiger partial charge in [-0.05, 0) is 34.4 Å². The zero-order chi connectivity index (χ0) is 14.7. The van der Waals surface area contributed by atoms with Gasteiger partial charge in [-0.2, -0.15) is 0 Å². The molecule has 3 rings (SSSR count). The summed E-state index contributed by atoms with van der Waals surface area (Å²) in [5.74, 6) is 0. The molecule has 0 unspecified atom stereocenters. The molecule has 0 heterocycles. The van der Waals surface area contributed by atoms with E-state index >= 15 is 0 Å². The first-order valence-corrected chi connectivity index (χ1v) is 7.48. The summed E-state index contributed by atoms with van der Waals surface area (Å²) in [7, 11) is 0. The number of benzene rings is 3. The van der Waals surface area contributed by atoms with Gasteiger partial charge in [0.25, 0.3) is 0 Å². The predicted molar refractivity (Wildman–Crippen MR) is 90.4 cm³/mol. The molecule has 3 aromatic rings. The molecule has 0 amide bonds. The molecule has 0 N–H and O–H groups in total. The lowest BCUT2D eigenvalue weighted by Crippen LogP contribution is -1.89. The maximum atomic E-state index is 11.3. The normalized spacial score (nSPS) is 10.3. The molecule has 102 valence electrons. The topological polar surface area (TPSA) is 17.1 Å². The fourth-order valence-electron chi connectivity index (χ4n) is 2.41. The molecule has 0 atom stereocenters. The SMILES string of the molecule is O=Cc1c(Br)cccc1-c1cccc(-c2ccccc2)c1. The quantitative estimate of drug-likeness (QED) is 0.569. The third-order valence-corrected chi connectivity index (χ3v) is 4.14. The minimum atomic E-state index is 0.683. The van der Waals surface area contributed by atoms with Gasteiger partial charge >= 0.3 is 0 Å². The monoisotopic (exact) mass is 336 g/mol. The van der Waals surface area contributed by atoms with Crippen molar-refractivity contribution in [2.75, 3.05) is 0 Å². The zero-order valence-corrected chi connectivity index (χ0v) is 12.9. The van der Waals surface area contributed by atoms with Gasteiger partial charge in [0.15, 0.2) is 6.29 Å². The van der Waals surface area contributed by atoms with Crippen molar-refractivity contribution in [1.29, 1.82) is 0 Å². The minimum Gasteiger partial charge on any atom is -0.298 e. The number of aldehydes is 1. The molecule has 0 aromatic heterocycles.